The first kappa shape index (κ1) is 11.0. The average molecular weight is 187 g/mol. The van der Waals surface area contributed by atoms with E-state index in [0.29, 0.717) is 12.3 Å². The van der Waals surface area contributed by atoms with Crippen LogP contribution >= 0.6 is 0 Å². The van der Waals surface area contributed by atoms with Gasteiger partial charge in [0, 0.05) is 5.54 Å². The van der Waals surface area contributed by atoms with Gasteiger partial charge in [-0.05, 0) is 31.6 Å². The zero-order valence-electron chi connectivity index (χ0n) is 8.37. The standard InChI is InChI=1S/C10H21NO2/c1-2-3-8-4-5-10(11,7-12)6-9(8)13/h8-9,12-13H,2-7,11H2,1H3. The summed E-state index contributed by atoms with van der Waals surface area (Å²) in [6.45, 7) is 2.12. The molecule has 0 aliphatic heterocycles. The van der Waals surface area contributed by atoms with E-state index in [-0.39, 0.29) is 12.7 Å². The van der Waals surface area contributed by atoms with Gasteiger partial charge in [-0.2, -0.15) is 0 Å². The minimum Gasteiger partial charge on any atom is -0.394 e. The molecule has 4 N–H and O–H groups in total. The zero-order valence-corrected chi connectivity index (χ0v) is 8.37. The fourth-order valence-electron chi connectivity index (χ4n) is 2.20. The molecule has 3 nitrogen and oxygen atoms in total. The SMILES string of the molecule is CCCC1CCC(N)(CO)CC1O. The molecule has 0 spiro atoms. The topological polar surface area (TPSA) is 66.5 Å². The van der Waals surface area contributed by atoms with Crippen molar-refractivity contribution >= 4 is 0 Å². The molecule has 0 aromatic rings. The highest BCUT2D eigenvalue weighted by Gasteiger charge is 2.36. The highest BCUT2D eigenvalue weighted by molar-refractivity contribution is 4.93. The van der Waals surface area contributed by atoms with Crippen LogP contribution in [0.25, 0.3) is 0 Å². The summed E-state index contributed by atoms with van der Waals surface area (Å²) in [5.41, 5.74) is 5.37. The van der Waals surface area contributed by atoms with Gasteiger partial charge in [0.25, 0.3) is 0 Å². The van der Waals surface area contributed by atoms with Crippen molar-refractivity contribution < 1.29 is 10.2 Å². The van der Waals surface area contributed by atoms with Gasteiger partial charge in [0.05, 0.1) is 12.7 Å². The normalized spacial score (nSPS) is 40.6. The van der Waals surface area contributed by atoms with Crippen LogP contribution in [0.1, 0.15) is 39.0 Å². The monoisotopic (exact) mass is 187 g/mol. The number of aliphatic hydroxyl groups is 2. The molecule has 1 saturated carbocycles. The molecule has 78 valence electrons. The van der Waals surface area contributed by atoms with Gasteiger partial charge in [-0.3, -0.25) is 0 Å². The molecule has 0 bridgehead atoms. The van der Waals surface area contributed by atoms with Gasteiger partial charge >= 0.3 is 0 Å². The lowest BCUT2D eigenvalue weighted by Crippen LogP contribution is -2.51. The molecule has 1 fully saturated rings. The number of aliphatic hydroxyl groups excluding tert-OH is 2. The average Bonchev–Trinajstić information content (AvgIpc) is 2.11. The molecule has 1 aliphatic carbocycles. The summed E-state index contributed by atoms with van der Waals surface area (Å²) in [6.07, 6.45) is 4.21. The van der Waals surface area contributed by atoms with Crippen LogP contribution in [0.5, 0.6) is 0 Å². The van der Waals surface area contributed by atoms with Crippen LogP contribution in [0.4, 0.5) is 0 Å². The lowest BCUT2D eigenvalue weighted by molar-refractivity contribution is 0.0113. The molecule has 1 rings (SSSR count). The molecular weight excluding hydrogens is 166 g/mol. The summed E-state index contributed by atoms with van der Waals surface area (Å²) in [5, 5.41) is 18.8. The number of hydrogen-bond donors (Lipinski definition) is 3. The summed E-state index contributed by atoms with van der Waals surface area (Å²) >= 11 is 0. The van der Waals surface area contributed by atoms with Crippen LogP contribution in [0, 0.1) is 5.92 Å². The Balaban J connectivity index is 2.46. The van der Waals surface area contributed by atoms with E-state index >= 15 is 0 Å². The summed E-state index contributed by atoms with van der Waals surface area (Å²) in [5.74, 6) is 0.397. The number of rotatable bonds is 3. The van der Waals surface area contributed by atoms with Gasteiger partial charge in [-0.25, -0.2) is 0 Å². The van der Waals surface area contributed by atoms with E-state index in [2.05, 4.69) is 6.92 Å². The van der Waals surface area contributed by atoms with Crippen LogP contribution in [0.2, 0.25) is 0 Å². The van der Waals surface area contributed by atoms with E-state index in [1.165, 1.54) is 0 Å². The molecule has 0 aromatic carbocycles. The first-order chi connectivity index (χ1) is 6.11. The number of hydrogen-bond acceptors (Lipinski definition) is 3. The first-order valence-electron chi connectivity index (χ1n) is 5.19. The van der Waals surface area contributed by atoms with Crippen LogP contribution < -0.4 is 5.73 Å². The van der Waals surface area contributed by atoms with Crippen molar-refractivity contribution in [1.82, 2.24) is 0 Å². The maximum Gasteiger partial charge on any atom is 0.0612 e. The summed E-state index contributed by atoms with van der Waals surface area (Å²) in [6, 6.07) is 0. The van der Waals surface area contributed by atoms with Gasteiger partial charge < -0.3 is 15.9 Å². The number of nitrogens with two attached hydrogens (primary N) is 1. The molecule has 0 heterocycles. The van der Waals surface area contributed by atoms with Crippen molar-refractivity contribution in [2.75, 3.05) is 6.61 Å². The second-order valence-corrected chi connectivity index (χ2v) is 4.38. The van der Waals surface area contributed by atoms with E-state index in [4.69, 9.17) is 10.8 Å². The van der Waals surface area contributed by atoms with Crippen molar-refractivity contribution in [3.8, 4) is 0 Å². The molecule has 1 aliphatic rings. The first-order valence-corrected chi connectivity index (χ1v) is 5.19. The third kappa shape index (κ3) is 2.66. The quantitative estimate of drug-likeness (QED) is 0.607. The molecule has 0 aromatic heterocycles. The molecule has 0 radical (unpaired) electrons. The van der Waals surface area contributed by atoms with Crippen molar-refractivity contribution in [2.24, 2.45) is 11.7 Å². The Hall–Kier alpha value is -0.120. The smallest absolute Gasteiger partial charge is 0.0612 e. The maximum atomic E-state index is 9.78. The van der Waals surface area contributed by atoms with Gasteiger partial charge in [0.1, 0.15) is 0 Å². The van der Waals surface area contributed by atoms with Crippen molar-refractivity contribution in [3.05, 3.63) is 0 Å². The zero-order chi connectivity index (χ0) is 9.90. The maximum absolute atomic E-state index is 9.78. The predicted molar refractivity (Wildman–Crippen MR) is 52.3 cm³/mol. The van der Waals surface area contributed by atoms with Crippen LogP contribution in [-0.4, -0.2) is 28.5 Å². The Bertz CT molecular complexity index is 163. The molecule has 3 atom stereocenters. The van der Waals surface area contributed by atoms with E-state index < -0.39 is 5.54 Å². The van der Waals surface area contributed by atoms with E-state index in [0.717, 1.165) is 25.7 Å². The van der Waals surface area contributed by atoms with E-state index in [9.17, 15) is 5.11 Å². The van der Waals surface area contributed by atoms with Crippen LogP contribution in [0.3, 0.4) is 0 Å². The predicted octanol–water partition coefficient (Wildman–Crippen LogP) is 0.637. The Labute approximate surface area is 79.9 Å². The Morgan fingerprint density at radius 1 is 1.54 bits per heavy atom. The molecule has 0 saturated heterocycles. The van der Waals surface area contributed by atoms with Crippen molar-refractivity contribution in [2.45, 2.75) is 50.7 Å². The Morgan fingerprint density at radius 2 is 2.23 bits per heavy atom. The molecule has 0 amide bonds. The Morgan fingerprint density at radius 3 is 2.69 bits per heavy atom. The largest absolute Gasteiger partial charge is 0.394 e. The molecular formula is C10H21NO2. The summed E-state index contributed by atoms with van der Waals surface area (Å²) < 4.78 is 0. The van der Waals surface area contributed by atoms with Crippen LogP contribution in [0.15, 0.2) is 0 Å². The van der Waals surface area contributed by atoms with E-state index in [1.807, 2.05) is 0 Å². The fourth-order valence-corrected chi connectivity index (χ4v) is 2.20. The van der Waals surface area contributed by atoms with Crippen molar-refractivity contribution in [3.63, 3.8) is 0 Å². The molecule has 13 heavy (non-hydrogen) atoms. The fraction of sp³-hybridized carbons (Fsp3) is 1.00. The van der Waals surface area contributed by atoms with Gasteiger partial charge in [-0.15, -0.1) is 0 Å². The highest BCUT2D eigenvalue weighted by atomic mass is 16.3. The van der Waals surface area contributed by atoms with Crippen LogP contribution in [-0.2, 0) is 0 Å². The lowest BCUT2D eigenvalue weighted by Gasteiger charge is -2.39. The molecule has 3 unspecified atom stereocenters. The summed E-state index contributed by atoms with van der Waals surface area (Å²) in [7, 11) is 0. The Kier molecular flexibility index (Phi) is 3.71. The lowest BCUT2D eigenvalue weighted by atomic mass is 9.74. The highest BCUT2D eigenvalue weighted by Crippen LogP contribution is 2.32. The van der Waals surface area contributed by atoms with Gasteiger partial charge in [0.2, 0.25) is 0 Å². The van der Waals surface area contributed by atoms with Gasteiger partial charge in [-0.1, -0.05) is 13.3 Å². The van der Waals surface area contributed by atoms with Gasteiger partial charge in [0.15, 0.2) is 0 Å². The minimum atomic E-state index is -0.524. The second kappa shape index (κ2) is 4.40. The summed E-state index contributed by atoms with van der Waals surface area (Å²) in [4.78, 5) is 0. The third-order valence-corrected chi connectivity index (χ3v) is 3.15. The van der Waals surface area contributed by atoms with E-state index in [1.54, 1.807) is 0 Å². The third-order valence-electron chi connectivity index (χ3n) is 3.15. The molecule has 3 heteroatoms. The minimum absolute atomic E-state index is 0.0110. The second-order valence-electron chi connectivity index (χ2n) is 4.38. The van der Waals surface area contributed by atoms with Crippen molar-refractivity contribution in [1.29, 1.82) is 0 Å².